The van der Waals surface area contributed by atoms with Crippen molar-refractivity contribution in [1.29, 1.82) is 0 Å². The van der Waals surface area contributed by atoms with Crippen LogP contribution in [0.4, 0.5) is 11.5 Å². The summed E-state index contributed by atoms with van der Waals surface area (Å²) in [6.45, 7) is 5.35. The Hall–Kier alpha value is -2.64. The fourth-order valence-electron chi connectivity index (χ4n) is 3.60. The number of anilines is 2. The standard InChI is InChI=1S/C22H31N5O2/c1-2-3-18(15-28)25-20-13-19(26-21(23)14-20)12-16-4-6-17(7-5-16)22(29)27-10-8-24-9-11-27/h4-7,13-14,18,24,28H,2-3,8-12,15H2,1H3,(H3,23,25,26)/t18-/m0/s1. The Bertz CT molecular complexity index is 803. The minimum atomic E-state index is 0.00457. The molecule has 1 aliphatic rings. The Morgan fingerprint density at radius 2 is 2.00 bits per heavy atom. The van der Waals surface area contributed by atoms with Crippen LogP contribution in [-0.4, -0.2) is 59.7 Å². The maximum absolute atomic E-state index is 12.6. The fraction of sp³-hybridized carbons (Fsp3) is 0.455. The van der Waals surface area contributed by atoms with Gasteiger partial charge in [0, 0.05) is 61.7 Å². The number of nitrogens with one attached hydrogen (secondary N) is 2. The van der Waals surface area contributed by atoms with Gasteiger partial charge >= 0.3 is 0 Å². The Labute approximate surface area is 172 Å². The number of pyridine rings is 1. The van der Waals surface area contributed by atoms with Gasteiger partial charge in [-0.2, -0.15) is 0 Å². The number of piperazine rings is 1. The number of nitrogens with zero attached hydrogens (tertiary/aromatic N) is 2. The Kier molecular flexibility index (Phi) is 7.43. The zero-order valence-corrected chi connectivity index (χ0v) is 17.0. The molecule has 1 atom stereocenters. The molecule has 0 radical (unpaired) electrons. The van der Waals surface area contributed by atoms with E-state index in [2.05, 4.69) is 22.5 Å². The fourth-order valence-corrected chi connectivity index (χ4v) is 3.60. The van der Waals surface area contributed by atoms with Crippen molar-refractivity contribution >= 4 is 17.4 Å². The largest absolute Gasteiger partial charge is 0.394 e. The van der Waals surface area contributed by atoms with Gasteiger partial charge in [0.25, 0.3) is 5.91 Å². The number of rotatable bonds is 8. The molecule has 1 amide bonds. The van der Waals surface area contributed by atoms with E-state index in [1.54, 1.807) is 6.07 Å². The molecule has 7 nitrogen and oxygen atoms in total. The number of carbonyl (C=O) groups excluding carboxylic acids is 1. The van der Waals surface area contributed by atoms with Crippen LogP contribution in [0.1, 0.15) is 41.4 Å². The van der Waals surface area contributed by atoms with E-state index in [0.29, 0.717) is 17.8 Å². The number of hydrogen-bond acceptors (Lipinski definition) is 6. The van der Waals surface area contributed by atoms with Crippen molar-refractivity contribution in [2.75, 3.05) is 43.8 Å². The maximum atomic E-state index is 12.6. The number of nitrogens with two attached hydrogens (primary N) is 1. The lowest BCUT2D eigenvalue weighted by atomic mass is 10.1. The van der Waals surface area contributed by atoms with E-state index in [4.69, 9.17) is 5.73 Å². The van der Waals surface area contributed by atoms with E-state index < -0.39 is 0 Å². The lowest BCUT2D eigenvalue weighted by molar-refractivity contribution is 0.0736. The quantitative estimate of drug-likeness (QED) is 0.542. The number of carbonyl (C=O) groups is 1. The number of hydrogen-bond donors (Lipinski definition) is 4. The van der Waals surface area contributed by atoms with Crippen LogP contribution in [0.5, 0.6) is 0 Å². The summed E-state index contributed by atoms with van der Waals surface area (Å²) in [4.78, 5) is 18.9. The van der Waals surface area contributed by atoms with Crippen molar-refractivity contribution in [1.82, 2.24) is 15.2 Å². The average Bonchev–Trinajstić information content (AvgIpc) is 2.73. The van der Waals surface area contributed by atoms with Gasteiger partial charge in [-0.1, -0.05) is 25.5 Å². The van der Waals surface area contributed by atoms with E-state index in [0.717, 1.165) is 56.0 Å². The molecule has 1 aromatic heterocycles. The minimum absolute atomic E-state index is 0.00457. The highest BCUT2D eigenvalue weighted by molar-refractivity contribution is 5.94. The monoisotopic (exact) mass is 397 g/mol. The summed E-state index contributed by atoms with van der Waals surface area (Å²) in [6, 6.07) is 11.5. The first-order valence-corrected chi connectivity index (χ1v) is 10.3. The molecule has 7 heteroatoms. The number of aliphatic hydroxyl groups excluding tert-OH is 1. The van der Waals surface area contributed by atoms with Gasteiger partial charge in [-0.05, 0) is 30.2 Å². The number of nitrogen functional groups attached to an aromatic ring is 1. The number of aliphatic hydroxyl groups is 1. The van der Waals surface area contributed by atoms with Gasteiger partial charge in [0.2, 0.25) is 0 Å². The molecule has 1 saturated heterocycles. The Balaban J connectivity index is 1.67. The van der Waals surface area contributed by atoms with Crippen molar-refractivity contribution in [2.24, 2.45) is 0 Å². The van der Waals surface area contributed by atoms with Crippen molar-refractivity contribution in [2.45, 2.75) is 32.2 Å². The van der Waals surface area contributed by atoms with Gasteiger partial charge < -0.3 is 26.4 Å². The van der Waals surface area contributed by atoms with Gasteiger partial charge in [0.1, 0.15) is 5.82 Å². The lowest BCUT2D eigenvalue weighted by Crippen LogP contribution is -2.46. The molecule has 0 aliphatic carbocycles. The third kappa shape index (κ3) is 5.92. The molecule has 0 saturated carbocycles. The van der Waals surface area contributed by atoms with Gasteiger partial charge in [0.15, 0.2) is 0 Å². The van der Waals surface area contributed by atoms with E-state index >= 15 is 0 Å². The van der Waals surface area contributed by atoms with Crippen LogP contribution in [0.3, 0.4) is 0 Å². The van der Waals surface area contributed by atoms with Crippen molar-refractivity contribution in [3.8, 4) is 0 Å². The van der Waals surface area contributed by atoms with Gasteiger partial charge in [0.05, 0.1) is 6.61 Å². The van der Waals surface area contributed by atoms with Crippen molar-refractivity contribution < 1.29 is 9.90 Å². The molecule has 1 aromatic carbocycles. The number of benzene rings is 1. The maximum Gasteiger partial charge on any atom is 0.253 e. The predicted molar refractivity (Wildman–Crippen MR) is 116 cm³/mol. The first-order valence-electron chi connectivity index (χ1n) is 10.3. The normalized spacial score (nSPS) is 15.2. The molecule has 1 aliphatic heterocycles. The number of amides is 1. The first kappa shape index (κ1) is 21.1. The molecule has 0 bridgehead atoms. The highest BCUT2D eigenvalue weighted by Crippen LogP contribution is 2.19. The van der Waals surface area contributed by atoms with Gasteiger partial charge in [-0.25, -0.2) is 4.98 Å². The smallest absolute Gasteiger partial charge is 0.253 e. The van der Waals surface area contributed by atoms with Gasteiger partial charge in [-0.15, -0.1) is 0 Å². The Morgan fingerprint density at radius 3 is 2.66 bits per heavy atom. The molecule has 5 N–H and O–H groups in total. The topological polar surface area (TPSA) is 104 Å². The van der Waals surface area contributed by atoms with Crippen LogP contribution in [0.2, 0.25) is 0 Å². The lowest BCUT2D eigenvalue weighted by Gasteiger charge is -2.27. The highest BCUT2D eigenvalue weighted by Gasteiger charge is 2.17. The average molecular weight is 398 g/mol. The first-order chi connectivity index (χ1) is 14.1. The Morgan fingerprint density at radius 1 is 1.28 bits per heavy atom. The third-order valence-corrected chi connectivity index (χ3v) is 5.12. The molecule has 0 spiro atoms. The second kappa shape index (κ2) is 10.2. The van der Waals surface area contributed by atoms with E-state index in [1.807, 2.05) is 35.2 Å². The second-order valence-electron chi connectivity index (χ2n) is 7.50. The van der Waals surface area contributed by atoms with Crippen LogP contribution in [0, 0.1) is 0 Å². The summed E-state index contributed by atoms with van der Waals surface area (Å²) in [7, 11) is 0. The molecular formula is C22H31N5O2. The van der Waals surface area contributed by atoms with Crippen molar-refractivity contribution in [3.63, 3.8) is 0 Å². The van der Waals surface area contributed by atoms with Gasteiger partial charge in [-0.3, -0.25) is 4.79 Å². The SMILES string of the molecule is CCC[C@@H](CO)Nc1cc(N)nc(Cc2ccc(C(=O)N3CCNCC3)cc2)c1. The third-order valence-electron chi connectivity index (χ3n) is 5.12. The van der Waals surface area contributed by atoms with Crippen LogP contribution < -0.4 is 16.4 Å². The minimum Gasteiger partial charge on any atom is -0.394 e. The molecule has 0 unspecified atom stereocenters. The highest BCUT2D eigenvalue weighted by atomic mass is 16.3. The summed E-state index contributed by atoms with van der Waals surface area (Å²) < 4.78 is 0. The second-order valence-corrected chi connectivity index (χ2v) is 7.50. The molecule has 2 aromatic rings. The summed E-state index contributed by atoms with van der Waals surface area (Å²) in [5.74, 6) is 0.529. The van der Waals surface area contributed by atoms with E-state index in [-0.39, 0.29) is 18.6 Å². The van der Waals surface area contributed by atoms with Crippen LogP contribution in [0.25, 0.3) is 0 Å². The zero-order valence-electron chi connectivity index (χ0n) is 17.0. The van der Waals surface area contributed by atoms with Crippen LogP contribution in [0.15, 0.2) is 36.4 Å². The summed E-state index contributed by atoms with van der Waals surface area (Å²) in [5.41, 5.74) is 9.48. The zero-order chi connectivity index (χ0) is 20.6. The summed E-state index contributed by atoms with van der Waals surface area (Å²) in [5, 5.41) is 16.1. The summed E-state index contributed by atoms with van der Waals surface area (Å²) in [6.07, 6.45) is 2.50. The van der Waals surface area contributed by atoms with Crippen LogP contribution >= 0.6 is 0 Å². The van der Waals surface area contributed by atoms with Crippen molar-refractivity contribution in [3.05, 3.63) is 53.2 Å². The van der Waals surface area contributed by atoms with E-state index in [9.17, 15) is 9.90 Å². The van der Waals surface area contributed by atoms with E-state index in [1.165, 1.54) is 0 Å². The van der Waals surface area contributed by atoms with Crippen LogP contribution in [-0.2, 0) is 6.42 Å². The molecule has 156 valence electrons. The molecule has 2 heterocycles. The predicted octanol–water partition coefficient (Wildman–Crippen LogP) is 1.87. The molecule has 29 heavy (non-hydrogen) atoms. The molecular weight excluding hydrogens is 366 g/mol. The molecule has 3 rings (SSSR count). The summed E-state index contributed by atoms with van der Waals surface area (Å²) >= 11 is 0. The molecule has 1 fully saturated rings. The number of aromatic nitrogens is 1.